The first-order valence-corrected chi connectivity index (χ1v) is 9.73. The maximum Gasteiger partial charge on any atom is 0.335 e. The van der Waals surface area contributed by atoms with Crippen LogP contribution in [0.3, 0.4) is 0 Å². The monoisotopic (exact) mass is 381 g/mol. The molecule has 3 rings (SSSR count). The molecule has 1 amide bonds. The molecule has 0 atom stereocenters. The molecule has 28 heavy (non-hydrogen) atoms. The van der Waals surface area contributed by atoms with Crippen LogP contribution in [0, 0.1) is 19.8 Å². The highest BCUT2D eigenvalue weighted by atomic mass is 16.5. The van der Waals surface area contributed by atoms with E-state index in [1.165, 1.54) is 0 Å². The minimum absolute atomic E-state index is 0.00490. The Morgan fingerprint density at radius 1 is 1.11 bits per heavy atom. The summed E-state index contributed by atoms with van der Waals surface area (Å²) in [6.45, 7) is 5.40. The van der Waals surface area contributed by atoms with E-state index in [9.17, 15) is 14.7 Å². The lowest BCUT2D eigenvalue weighted by Crippen LogP contribution is -2.41. The number of carboxylic acid groups (broad SMARTS) is 1. The lowest BCUT2D eigenvalue weighted by Gasteiger charge is -2.32. The van der Waals surface area contributed by atoms with Gasteiger partial charge in [-0.05, 0) is 67.9 Å². The van der Waals surface area contributed by atoms with Crippen molar-refractivity contribution in [1.29, 1.82) is 0 Å². The molecular weight excluding hydrogens is 354 g/mol. The molecule has 1 N–H and O–H groups in total. The second-order valence-corrected chi connectivity index (χ2v) is 7.55. The first kappa shape index (κ1) is 19.9. The third-order valence-electron chi connectivity index (χ3n) is 5.42. The lowest BCUT2D eigenvalue weighted by molar-refractivity contribution is -0.134. The average Bonchev–Trinajstić information content (AvgIpc) is 2.69. The number of rotatable bonds is 6. The van der Waals surface area contributed by atoms with Gasteiger partial charge in [0, 0.05) is 13.1 Å². The van der Waals surface area contributed by atoms with Crippen LogP contribution in [0.5, 0.6) is 5.75 Å². The van der Waals surface area contributed by atoms with Crippen molar-refractivity contribution in [2.24, 2.45) is 5.92 Å². The van der Waals surface area contributed by atoms with Gasteiger partial charge in [-0.15, -0.1) is 0 Å². The van der Waals surface area contributed by atoms with Crippen molar-refractivity contribution < 1.29 is 19.4 Å². The SMILES string of the molecule is Cc1ccc(C)c(OCC(=O)N2CCC(Cc3ccccc3C(=O)O)CC2)c1. The number of aromatic carboxylic acids is 1. The van der Waals surface area contributed by atoms with Crippen molar-refractivity contribution in [3.8, 4) is 5.75 Å². The molecule has 1 heterocycles. The number of piperidine rings is 1. The van der Waals surface area contributed by atoms with E-state index in [0.717, 1.165) is 41.7 Å². The molecule has 0 radical (unpaired) electrons. The van der Waals surface area contributed by atoms with E-state index in [1.807, 2.05) is 49.1 Å². The molecule has 0 bridgehead atoms. The van der Waals surface area contributed by atoms with Gasteiger partial charge in [0.2, 0.25) is 0 Å². The molecule has 0 unspecified atom stereocenters. The van der Waals surface area contributed by atoms with E-state index in [1.54, 1.807) is 12.1 Å². The van der Waals surface area contributed by atoms with Crippen LogP contribution < -0.4 is 4.74 Å². The largest absolute Gasteiger partial charge is 0.483 e. The Bertz CT molecular complexity index is 853. The number of aryl methyl sites for hydroxylation is 2. The van der Waals surface area contributed by atoms with Crippen LogP contribution in [0.1, 0.15) is 39.9 Å². The zero-order valence-electron chi connectivity index (χ0n) is 16.5. The summed E-state index contributed by atoms with van der Waals surface area (Å²) < 4.78 is 5.74. The minimum Gasteiger partial charge on any atom is -0.483 e. The van der Waals surface area contributed by atoms with Crippen LogP contribution in [0.15, 0.2) is 42.5 Å². The molecule has 1 aliphatic heterocycles. The van der Waals surface area contributed by atoms with E-state index < -0.39 is 5.97 Å². The van der Waals surface area contributed by atoms with Gasteiger partial charge in [-0.3, -0.25) is 4.79 Å². The molecule has 148 valence electrons. The zero-order chi connectivity index (χ0) is 20.1. The van der Waals surface area contributed by atoms with Crippen LogP contribution in [0.4, 0.5) is 0 Å². The van der Waals surface area contributed by atoms with Crippen LogP contribution in [0.25, 0.3) is 0 Å². The molecule has 1 aliphatic rings. The van der Waals surface area contributed by atoms with Gasteiger partial charge in [0.05, 0.1) is 5.56 Å². The first-order chi connectivity index (χ1) is 13.4. The molecule has 5 heteroatoms. The van der Waals surface area contributed by atoms with Crippen molar-refractivity contribution in [1.82, 2.24) is 4.90 Å². The summed E-state index contributed by atoms with van der Waals surface area (Å²) in [5.41, 5.74) is 3.38. The number of carbonyl (C=O) groups is 2. The van der Waals surface area contributed by atoms with Gasteiger partial charge in [0.15, 0.2) is 6.61 Å². The molecule has 1 saturated heterocycles. The average molecular weight is 381 g/mol. The number of hydrogen-bond acceptors (Lipinski definition) is 3. The number of carbonyl (C=O) groups excluding carboxylic acids is 1. The number of hydrogen-bond donors (Lipinski definition) is 1. The van der Waals surface area contributed by atoms with Crippen molar-refractivity contribution in [3.05, 3.63) is 64.7 Å². The maximum atomic E-state index is 12.5. The number of nitrogens with zero attached hydrogens (tertiary/aromatic N) is 1. The predicted molar refractivity (Wildman–Crippen MR) is 108 cm³/mol. The van der Waals surface area contributed by atoms with Gasteiger partial charge in [0.1, 0.15) is 5.75 Å². The van der Waals surface area contributed by atoms with Gasteiger partial charge in [-0.2, -0.15) is 0 Å². The Balaban J connectivity index is 1.50. The Hall–Kier alpha value is -2.82. The third kappa shape index (κ3) is 4.91. The molecule has 1 fully saturated rings. The minimum atomic E-state index is -0.883. The quantitative estimate of drug-likeness (QED) is 0.825. The summed E-state index contributed by atoms with van der Waals surface area (Å²) in [5, 5.41) is 9.33. The van der Waals surface area contributed by atoms with Crippen molar-refractivity contribution >= 4 is 11.9 Å². The van der Waals surface area contributed by atoms with Crippen molar-refractivity contribution in [2.75, 3.05) is 19.7 Å². The van der Waals surface area contributed by atoms with E-state index in [0.29, 0.717) is 24.6 Å². The fourth-order valence-corrected chi connectivity index (χ4v) is 3.70. The van der Waals surface area contributed by atoms with Crippen molar-refractivity contribution in [2.45, 2.75) is 33.1 Å². The standard InChI is InChI=1S/C23H27NO4/c1-16-7-8-17(2)21(13-16)28-15-22(25)24-11-9-18(10-12-24)14-19-5-3-4-6-20(19)23(26)27/h3-8,13,18H,9-12,14-15H2,1-2H3,(H,26,27). The highest BCUT2D eigenvalue weighted by molar-refractivity contribution is 5.89. The van der Waals surface area contributed by atoms with E-state index in [4.69, 9.17) is 4.74 Å². The van der Waals surface area contributed by atoms with Crippen LogP contribution in [0.2, 0.25) is 0 Å². The molecule has 2 aromatic rings. The van der Waals surface area contributed by atoms with Gasteiger partial charge in [-0.25, -0.2) is 4.79 Å². The molecular formula is C23H27NO4. The Labute approximate surface area is 165 Å². The highest BCUT2D eigenvalue weighted by Crippen LogP contribution is 2.24. The van der Waals surface area contributed by atoms with Gasteiger partial charge in [0.25, 0.3) is 5.91 Å². The molecule has 5 nitrogen and oxygen atoms in total. The molecule has 0 spiro atoms. The molecule has 0 aliphatic carbocycles. The Morgan fingerprint density at radius 3 is 2.54 bits per heavy atom. The number of carboxylic acids is 1. The second kappa shape index (κ2) is 8.91. The van der Waals surface area contributed by atoms with E-state index in [2.05, 4.69) is 0 Å². The van der Waals surface area contributed by atoms with Crippen LogP contribution in [-0.2, 0) is 11.2 Å². The Morgan fingerprint density at radius 2 is 1.82 bits per heavy atom. The van der Waals surface area contributed by atoms with E-state index in [-0.39, 0.29) is 12.5 Å². The first-order valence-electron chi connectivity index (χ1n) is 9.73. The zero-order valence-corrected chi connectivity index (χ0v) is 16.5. The van der Waals surface area contributed by atoms with Crippen LogP contribution in [-0.4, -0.2) is 41.6 Å². The molecule has 2 aromatic carbocycles. The number of benzene rings is 2. The lowest BCUT2D eigenvalue weighted by atomic mass is 9.88. The summed E-state index contributed by atoms with van der Waals surface area (Å²) in [7, 11) is 0. The number of likely N-dealkylation sites (tertiary alicyclic amines) is 1. The second-order valence-electron chi connectivity index (χ2n) is 7.55. The molecule has 0 aromatic heterocycles. The normalized spacial score (nSPS) is 14.7. The fraction of sp³-hybridized carbons (Fsp3) is 0.391. The predicted octanol–water partition coefficient (Wildman–Crippen LogP) is 3.86. The summed E-state index contributed by atoms with van der Waals surface area (Å²) in [6, 6.07) is 13.1. The summed E-state index contributed by atoms with van der Waals surface area (Å²) in [4.78, 5) is 25.7. The third-order valence-corrected chi connectivity index (χ3v) is 5.42. The Kier molecular flexibility index (Phi) is 6.34. The van der Waals surface area contributed by atoms with Gasteiger partial charge in [-0.1, -0.05) is 30.3 Å². The maximum absolute atomic E-state index is 12.5. The summed E-state index contributed by atoms with van der Waals surface area (Å²) in [6.07, 6.45) is 2.50. The fourth-order valence-electron chi connectivity index (χ4n) is 3.70. The smallest absolute Gasteiger partial charge is 0.335 e. The summed E-state index contributed by atoms with van der Waals surface area (Å²) in [5.74, 6) is 0.273. The van der Waals surface area contributed by atoms with Crippen LogP contribution >= 0.6 is 0 Å². The highest BCUT2D eigenvalue weighted by Gasteiger charge is 2.24. The van der Waals surface area contributed by atoms with Gasteiger partial charge >= 0.3 is 5.97 Å². The van der Waals surface area contributed by atoms with E-state index >= 15 is 0 Å². The summed E-state index contributed by atoms with van der Waals surface area (Å²) >= 11 is 0. The number of ether oxygens (including phenoxy) is 1. The van der Waals surface area contributed by atoms with Gasteiger partial charge < -0.3 is 14.7 Å². The molecule has 0 saturated carbocycles. The number of amides is 1. The topological polar surface area (TPSA) is 66.8 Å². The van der Waals surface area contributed by atoms with Crippen molar-refractivity contribution in [3.63, 3.8) is 0 Å².